The zero-order chi connectivity index (χ0) is 12.3. The quantitative estimate of drug-likeness (QED) is 0.826. The SMILES string of the molecule is Cc1nn(C)cc1C(C)NCCn1ccnn1. The van der Waals surface area contributed by atoms with E-state index in [-0.39, 0.29) is 0 Å². The van der Waals surface area contributed by atoms with Crippen LogP contribution in [0.3, 0.4) is 0 Å². The molecule has 6 heteroatoms. The van der Waals surface area contributed by atoms with Crippen LogP contribution in [0.1, 0.15) is 24.2 Å². The van der Waals surface area contributed by atoms with E-state index in [4.69, 9.17) is 0 Å². The molecule has 2 aromatic heterocycles. The van der Waals surface area contributed by atoms with E-state index in [1.54, 1.807) is 6.20 Å². The van der Waals surface area contributed by atoms with Gasteiger partial charge >= 0.3 is 0 Å². The third-order valence-electron chi connectivity index (χ3n) is 2.78. The van der Waals surface area contributed by atoms with Gasteiger partial charge in [-0.15, -0.1) is 5.10 Å². The first-order chi connectivity index (χ1) is 8.16. The molecular weight excluding hydrogens is 216 g/mol. The van der Waals surface area contributed by atoms with Gasteiger partial charge in [-0.3, -0.25) is 9.36 Å². The Bertz CT molecular complexity index is 458. The zero-order valence-electron chi connectivity index (χ0n) is 10.5. The van der Waals surface area contributed by atoms with Gasteiger partial charge in [-0.05, 0) is 13.8 Å². The van der Waals surface area contributed by atoms with E-state index in [2.05, 4.69) is 33.8 Å². The van der Waals surface area contributed by atoms with Gasteiger partial charge in [0.25, 0.3) is 0 Å². The lowest BCUT2D eigenvalue weighted by Gasteiger charge is -2.12. The Morgan fingerprint density at radius 3 is 2.88 bits per heavy atom. The maximum atomic E-state index is 4.34. The molecule has 17 heavy (non-hydrogen) atoms. The summed E-state index contributed by atoms with van der Waals surface area (Å²) in [4.78, 5) is 0. The lowest BCUT2D eigenvalue weighted by atomic mass is 10.1. The second-order valence-electron chi connectivity index (χ2n) is 4.19. The van der Waals surface area contributed by atoms with Crippen molar-refractivity contribution >= 4 is 0 Å². The minimum Gasteiger partial charge on any atom is -0.308 e. The topological polar surface area (TPSA) is 60.6 Å². The molecule has 1 atom stereocenters. The number of aromatic nitrogens is 5. The largest absolute Gasteiger partial charge is 0.308 e. The van der Waals surface area contributed by atoms with Gasteiger partial charge < -0.3 is 5.32 Å². The molecule has 0 aliphatic carbocycles. The van der Waals surface area contributed by atoms with Crippen molar-refractivity contribution in [3.05, 3.63) is 29.8 Å². The first-order valence-corrected chi connectivity index (χ1v) is 5.74. The van der Waals surface area contributed by atoms with Gasteiger partial charge in [-0.25, -0.2) is 0 Å². The fourth-order valence-corrected chi connectivity index (χ4v) is 1.90. The van der Waals surface area contributed by atoms with Gasteiger partial charge in [0, 0.05) is 37.6 Å². The first kappa shape index (κ1) is 11.8. The fourth-order valence-electron chi connectivity index (χ4n) is 1.90. The second kappa shape index (κ2) is 5.09. The molecular formula is C11H18N6. The summed E-state index contributed by atoms with van der Waals surface area (Å²) in [5, 5.41) is 15.5. The van der Waals surface area contributed by atoms with Gasteiger partial charge in [0.05, 0.1) is 18.4 Å². The summed E-state index contributed by atoms with van der Waals surface area (Å²) in [6.45, 7) is 5.86. The number of nitrogens with one attached hydrogen (secondary N) is 1. The Labute approximate surface area is 101 Å². The van der Waals surface area contributed by atoms with E-state index >= 15 is 0 Å². The Kier molecular flexibility index (Phi) is 3.53. The highest BCUT2D eigenvalue weighted by molar-refractivity contribution is 5.19. The van der Waals surface area contributed by atoms with Crippen molar-refractivity contribution < 1.29 is 0 Å². The van der Waals surface area contributed by atoms with E-state index in [9.17, 15) is 0 Å². The summed E-state index contributed by atoms with van der Waals surface area (Å²) in [6, 6.07) is 0.298. The Balaban J connectivity index is 1.85. The lowest BCUT2D eigenvalue weighted by molar-refractivity contribution is 0.498. The second-order valence-corrected chi connectivity index (χ2v) is 4.19. The van der Waals surface area contributed by atoms with Crippen molar-refractivity contribution in [3.63, 3.8) is 0 Å². The molecule has 0 aromatic carbocycles. The van der Waals surface area contributed by atoms with Crippen molar-refractivity contribution in [1.82, 2.24) is 30.1 Å². The smallest absolute Gasteiger partial charge is 0.0692 e. The average molecular weight is 234 g/mol. The van der Waals surface area contributed by atoms with Crippen molar-refractivity contribution in [2.75, 3.05) is 6.54 Å². The van der Waals surface area contributed by atoms with Crippen LogP contribution in [0.15, 0.2) is 18.6 Å². The average Bonchev–Trinajstić information content (AvgIpc) is 2.88. The fraction of sp³-hybridized carbons (Fsp3) is 0.545. The van der Waals surface area contributed by atoms with Crippen LogP contribution in [-0.2, 0) is 13.6 Å². The molecule has 0 fully saturated rings. The summed E-state index contributed by atoms with van der Waals surface area (Å²) >= 11 is 0. The normalized spacial score (nSPS) is 12.9. The minimum absolute atomic E-state index is 0.298. The number of hydrogen-bond donors (Lipinski definition) is 1. The first-order valence-electron chi connectivity index (χ1n) is 5.74. The maximum absolute atomic E-state index is 4.34. The molecule has 0 aliphatic rings. The van der Waals surface area contributed by atoms with E-state index in [1.165, 1.54) is 5.56 Å². The molecule has 0 aliphatic heterocycles. The molecule has 0 saturated heterocycles. The highest BCUT2D eigenvalue weighted by Gasteiger charge is 2.10. The van der Waals surface area contributed by atoms with Gasteiger partial charge in [-0.1, -0.05) is 5.21 Å². The maximum Gasteiger partial charge on any atom is 0.0692 e. The lowest BCUT2D eigenvalue weighted by Crippen LogP contribution is -2.23. The van der Waals surface area contributed by atoms with Crippen LogP contribution >= 0.6 is 0 Å². The van der Waals surface area contributed by atoms with E-state index in [1.807, 2.05) is 29.5 Å². The number of rotatable bonds is 5. The van der Waals surface area contributed by atoms with Crippen LogP contribution < -0.4 is 5.32 Å². The predicted molar refractivity (Wildman–Crippen MR) is 64.4 cm³/mol. The molecule has 0 radical (unpaired) electrons. The molecule has 0 bridgehead atoms. The molecule has 92 valence electrons. The van der Waals surface area contributed by atoms with Crippen molar-refractivity contribution in [1.29, 1.82) is 0 Å². The molecule has 1 unspecified atom stereocenters. The number of aryl methyl sites for hydroxylation is 2. The van der Waals surface area contributed by atoms with Crippen LogP contribution in [-0.4, -0.2) is 31.3 Å². The van der Waals surface area contributed by atoms with Crippen molar-refractivity contribution in [3.8, 4) is 0 Å². The molecule has 2 rings (SSSR count). The van der Waals surface area contributed by atoms with E-state index in [0.29, 0.717) is 6.04 Å². The highest BCUT2D eigenvalue weighted by Crippen LogP contribution is 2.14. The summed E-state index contributed by atoms with van der Waals surface area (Å²) in [5.41, 5.74) is 2.32. The van der Waals surface area contributed by atoms with Crippen molar-refractivity contribution in [2.24, 2.45) is 7.05 Å². The highest BCUT2D eigenvalue weighted by atomic mass is 15.4. The number of hydrogen-bond acceptors (Lipinski definition) is 4. The number of nitrogens with zero attached hydrogens (tertiary/aromatic N) is 5. The van der Waals surface area contributed by atoms with E-state index < -0.39 is 0 Å². The third kappa shape index (κ3) is 2.91. The molecule has 0 saturated carbocycles. The van der Waals surface area contributed by atoms with E-state index in [0.717, 1.165) is 18.8 Å². The van der Waals surface area contributed by atoms with Crippen LogP contribution in [0.5, 0.6) is 0 Å². The monoisotopic (exact) mass is 234 g/mol. The van der Waals surface area contributed by atoms with Crippen LogP contribution in [0.4, 0.5) is 0 Å². The van der Waals surface area contributed by atoms with Crippen LogP contribution in [0.2, 0.25) is 0 Å². The van der Waals surface area contributed by atoms with Crippen LogP contribution in [0.25, 0.3) is 0 Å². The molecule has 0 amide bonds. The Morgan fingerprint density at radius 1 is 1.47 bits per heavy atom. The predicted octanol–water partition coefficient (Wildman–Crippen LogP) is 0.671. The summed E-state index contributed by atoms with van der Waals surface area (Å²) in [5.74, 6) is 0. The molecule has 2 aromatic rings. The summed E-state index contributed by atoms with van der Waals surface area (Å²) in [6.07, 6.45) is 5.61. The molecule has 1 N–H and O–H groups in total. The molecule has 2 heterocycles. The summed E-state index contributed by atoms with van der Waals surface area (Å²) in [7, 11) is 1.94. The minimum atomic E-state index is 0.298. The van der Waals surface area contributed by atoms with Gasteiger partial charge in [0.2, 0.25) is 0 Å². The van der Waals surface area contributed by atoms with Gasteiger partial charge in [-0.2, -0.15) is 5.10 Å². The van der Waals surface area contributed by atoms with Gasteiger partial charge in [0.15, 0.2) is 0 Å². The van der Waals surface area contributed by atoms with Crippen molar-refractivity contribution in [2.45, 2.75) is 26.4 Å². The molecule has 6 nitrogen and oxygen atoms in total. The molecule has 0 spiro atoms. The van der Waals surface area contributed by atoms with Gasteiger partial charge in [0.1, 0.15) is 0 Å². The summed E-state index contributed by atoms with van der Waals surface area (Å²) < 4.78 is 3.66. The zero-order valence-corrected chi connectivity index (χ0v) is 10.5. The standard InChI is InChI=1S/C11H18N6/c1-9(11-8-16(3)14-10(11)2)12-4-6-17-7-5-13-15-17/h5,7-9,12H,4,6H2,1-3H3. The third-order valence-corrected chi connectivity index (χ3v) is 2.78. The van der Waals surface area contributed by atoms with Crippen LogP contribution in [0, 0.1) is 6.92 Å². The Morgan fingerprint density at radius 2 is 2.29 bits per heavy atom. The Hall–Kier alpha value is -1.69.